The molecular weight excluding hydrogens is 428 g/mol. The summed E-state index contributed by atoms with van der Waals surface area (Å²) in [6, 6.07) is 14.2. The molecule has 0 amide bonds. The van der Waals surface area contributed by atoms with Gasteiger partial charge in [0.15, 0.2) is 5.82 Å². The summed E-state index contributed by atoms with van der Waals surface area (Å²) >= 11 is 0. The van der Waals surface area contributed by atoms with E-state index in [0.29, 0.717) is 42.3 Å². The van der Waals surface area contributed by atoms with Crippen LogP contribution in [0.1, 0.15) is 13.3 Å². The zero-order valence-electron chi connectivity index (χ0n) is 17.8. The van der Waals surface area contributed by atoms with Gasteiger partial charge in [-0.1, -0.05) is 24.3 Å². The van der Waals surface area contributed by atoms with E-state index in [0.717, 1.165) is 24.0 Å². The number of H-pyrrole nitrogens is 1. The lowest BCUT2D eigenvalue weighted by Crippen LogP contribution is -2.54. The lowest BCUT2D eigenvalue weighted by atomic mass is 10.0. The Labute approximate surface area is 186 Å². The molecule has 3 aromatic rings. The highest BCUT2D eigenvalue weighted by Crippen LogP contribution is 2.35. The van der Waals surface area contributed by atoms with Crippen molar-refractivity contribution < 1.29 is 8.42 Å². The predicted molar refractivity (Wildman–Crippen MR) is 124 cm³/mol. The number of aromatic nitrogens is 2. The molecule has 1 atom stereocenters. The van der Waals surface area contributed by atoms with Gasteiger partial charge < -0.3 is 10.6 Å². The smallest absolute Gasteiger partial charge is 0.272 e. The van der Waals surface area contributed by atoms with Crippen molar-refractivity contribution in [2.75, 3.05) is 43.4 Å². The molecule has 2 aromatic carbocycles. The summed E-state index contributed by atoms with van der Waals surface area (Å²) in [5.41, 5.74) is 0.116. The predicted octanol–water partition coefficient (Wildman–Crippen LogP) is 1.87. The summed E-state index contributed by atoms with van der Waals surface area (Å²) in [7, 11) is -3.50. The Bertz CT molecular complexity index is 1300. The lowest BCUT2D eigenvalue weighted by Gasteiger charge is -2.40. The molecule has 9 nitrogen and oxygen atoms in total. The largest absolute Gasteiger partial charge is 0.361 e. The molecule has 0 aliphatic carbocycles. The van der Waals surface area contributed by atoms with E-state index in [2.05, 4.69) is 25.7 Å². The summed E-state index contributed by atoms with van der Waals surface area (Å²) in [5.74, 6) is 0.638. The van der Waals surface area contributed by atoms with E-state index in [-0.39, 0.29) is 5.56 Å². The van der Waals surface area contributed by atoms with Crippen molar-refractivity contribution >= 4 is 32.3 Å². The van der Waals surface area contributed by atoms with Gasteiger partial charge in [0.25, 0.3) is 5.56 Å². The molecule has 2 aliphatic rings. The van der Waals surface area contributed by atoms with Crippen molar-refractivity contribution in [1.29, 1.82) is 0 Å². The molecule has 5 rings (SSSR count). The minimum atomic E-state index is -3.50. The number of hydrogen-bond acceptors (Lipinski definition) is 7. The number of rotatable bonds is 4. The number of nitrogens with zero attached hydrogens (tertiary/aromatic N) is 3. The maximum absolute atomic E-state index is 13.0. The first kappa shape index (κ1) is 20.9. The number of aromatic amines is 1. The van der Waals surface area contributed by atoms with Crippen LogP contribution in [0.2, 0.25) is 0 Å². The standard InChI is InChI=1S/C22H26N6O3S/c1-22(23-18-10-5-9-17-19(18)20(24-22)25-26-21(17)29)15-27-11-6-12-28(14-13-27)32(30,31)16-7-3-2-4-8-16/h2-5,7-10,23H,6,11-15H2,1H3,(H,24,25)(H,26,29). The van der Waals surface area contributed by atoms with Gasteiger partial charge in [-0.25, -0.2) is 13.5 Å². The maximum Gasteiger partial charge on any atom is 0.272 e. The zero-order valence-corrected chi connectivity index (χ0v) is 18.7. The average molecular weight is 455 g/mol. The third-order valence-electron chi connectivity index (χ3n) is 6.09. The van der Waals surface area contributed by atoms with Crippen LogP contribution in [0.5, 0.6) is 0 Å². The summed E-state index contributed by atoms with van der Waals surface area (Å²) < 4.78 is 27.6. The fourth-order valence-corrected chi connectivity index (χ4v) is 6.11. The van der Waals surface area contributed by atoms with E-state index in [1.54, 1.807) is 34.6 Å². The van der Waals surface area contributed by atoms with Gasteiger partial charge in [-0.2, -0.15) is 9.40 Å². The Kier molecular flexibility index (Phi) is 5.15. The van der Waals surface area contributed by atoms with E-state index in [9.17, 15) is 13.2 Å². The number of sulfonamides is 1. The zero-order chi connectivity index (χ0) is 22.3. The lowest BCUT2D eigenvalue weighted by molar-refractivity contribution is 0.248. The SMILES string of the molecule is CC1(CN2CCCN(S(=O)(=O)c3ccccc3)CC2)Nc2cccc3c(=O)[nH]nc(c23)N1. The number of benzene rings is 2. The van der Waals surface area contributed by atoms with Crippen molar-refractivity contribution in [3.8, 4) is 0 Å². The maximum atomic E-state index is 13.0. The highest BCUT2D eigenvalue weighted by Gasteiger charge is 2.34. The molecule has 1 unspecified atom stereocenters. The van der Waals surface area contributed by atoms with Crippen molar-refractivity contribution in [3.63, 3.8) is 0 Å². The first-order chi connectivity index (χ1) is 15.4. The van der Waals surface area contributed by atoms with E-state index in [4.69, 9.17) is 0 Å². The highest BCUT2D eigenvalue weighted by atomic mass is 32.2. The van der Waals surface area contributed by atoms with Gasteiger partial charge in [-0.05, 0) is 44.2 Å². The topological polar surface area (TPSA) is 110 Å². The van der Waals surface area contributed by atoms with Crippen molar-refractivity contribution in [2.45, 2.75) is 23.9 Å². The first-order valence-electron chi connectivity index (χ1n) is 10.7. The van der Waals surface area contributed by atoms with Crippen LogP contribution in [0, 0.1) is 0 Å². The quantitative estimate of drug-likeness (QED) is 0.552. The monoisotopic (exact) mass is 454 g/mol. The van der Waals surface area contributed by atoms with E-state index >= 15 is 0 Å². The minimum absolute atomic E-state index is 0.218. The molecule has 1 fully saturated rings. The van der Waals surface area contributed by atoms with Crippen LogP contribution in [0.4, 0.5) is 11.5 Å². The molecule has 168 valence electrons. The van der Waals surface area contributed by atoms with E-state index in [1.165, 1.54) is 0 Å². The molecule has 0 bridgehead atoms. The van der Waals surface area contributed by atoms with Gasteiger partial charge in [0.1, 0.15) is 5.66 Å². The van der Waals surface area contributed by atoms with Gasteiger partial charge in [0, 0.05) is 31.9 Å². The number of hydrogen-bond donors (Lipinski definition) is 3. The van der Waals surface area contributed by atoms with Crippen molar-refractivity contribution in [2.24, 2.45) is 0 Å². The Morgan fingerprint density at radius 1 is 1.00 bits per heavy atom. The summed E-state index contributed by atoms with van der Waals surface area (Å²) in [5, 5.41) is 15.1. The third kappa shape index (κ3) is 3.74. The van der Waals surface area contributed by atoms with Crippen LogP contribution in [-0.2, 0) is 10.0 Å². The molecule has 1 saturated heterocycles. The Morgan fingerprint density at radius 2 is 1.81 bits per heavy atom. The van der Waals surface area contributed by atoms with Crippen LogP contribution in [0.25, 0.3) is 10.8 Å². The molecular formula is C22H26N6O3S. The van der Waals surface area contributed by atoms with Gasteiger partial charge in [-0.15, -0.1) is 0 Å². The number of anilines is 2. The molecule has 0 saturated carbocycles. The van der Waals surface area contributed by atoms with E-state index in [1.807, 2.05) is 25.1 Å². The Balaban J connectivity index is 1.32. The summed E-state index contributed by atoms with van der Waals surface area (Å²) in [6.45, 7) is 5.03. The number of nitrogens with one attached hydrogen (secondary N) is 3. The minimum Gasteiger partial charge on any atom is -0.361 e. The Morgan fingerprint density at radius 3 is 2.62 bits per heavy atom. The third-order valence-corrected chi connectivity index (χ3v) is 8.00. The first-order valence-corrected chi connectivity index (χ1v) is 12.2. The second-order valence-corrected chi connectivity index (χ2v) is 10.5. The molecule has 2 aliphatic heterocycles. The van der Waals surface area contributed by atoms with Gasteiger partial charge in [-0.3, -0.25) is 9.69 Å². The summed E-state index contributed by atoms with van der Waals surface area (Å²) in [6.07, 6.45) is 0.750. The normalized spacial score (nSPS) is 22.2. The fraction of sp³-hybridized carbons (Fsp3) is 0.364. The molecule has 3 N–H and O–H groups in total. The molecule has 0 spiro atoms. The average Bonchev–Trinajstić information content (AvgIpc) is 3.02. The second-order valence-electron chi connectivity index (χ2n) is 8.56. The second kappa shape index (κ2) is 7.88. The fourth-order valence-electron chi connectivity index (χ4n) is 4.62. The van der Waals surface area contributed by atoms with E-state index < -0.39 is 15.7 Å². The van der Waals surface area contributed by atoms with Crippen molar-refractivity contribution in [1.82, 2.24) is 19.4 Å². The van der Waals surface area contributed by atoms with Gasteiger partial charge >= 0.3 is 0 Å². The summed E-state index contributed by atoms with van der Waals surface area (Å²) in [4.78, 5) is 14.7. The van der Waals surface area contributed by atoms with Crippen LogP contribution in [0.3, 0.4) is 0 Å². The van der Waals surface area contributed by atoms with Gasteiger partial charge in [0.2, 0.25) is 10.0 Å². The van der Waals surface area contributed by atoms with Crippen molar-refractivity contribution in [3.05, 3.63) is 58.9 Å². The van der Waals surface area contributed by atoms with Gasteiger partial charge in [0.05, 0.1) is 15.7 Å². The van der Waals surface area contributed by atoms with Crippen LogP contribution >= 0.6 is 0 Å². The molecule has 0 radical (unpaired) electrons. The van der Waals surface area contributed by atoms with Crippen LogP contribution in [-0.4, -0.2) is 66.2 Å². The molecule has 1 aromatic heterocycles. The van der Waals surface area contributed by atoms with Crippen LogP contribution in [0.15, 0.2) is 58.2 Å². The molecule has 10 heteroatoms. The highest BCUT2D eigenvalue weighted by molar-refractivity contribution is 7.89. The molecule has 3 heterocycles. The Hall–Kier alpha value is -2.95. The van der Waals surface area contributed by atoms with Crippen LogP contribution < -0.4 is 16.2 Å². The molecule has 32 heavy (non-hydrogen) atoms.